The van der Waals surface area contributed by atoms with E-state index in [0.29, 0.717) is 49.0 Å². The van der Waals surface area contributed by atoms with Crippen LogP contribution in [0.25, 0.3) is 0 Å². The van der Waals surface area contributed by atoms with Crippen LogP contribution in [0.2, 0.25) is 0 Å². The number of thiophene rings is 1. The number of halogens is 1. The molecule has 1 aliphatic heterocycles. The molecule has 0 spiro atoms. The minimum atomic E-state index is -0.351. The first kappa shape index (κ1) is 21.8. The molecule has 6 nitrogen and oxygen atoms in total. The lowest BCUT2D eigenvalue weighted by molar-refractivity contribution is -0.117. The van der Waals surface area contributed by atoms with Gasteiger partial charge in [-0.15, -0.1) is 11.3 Å². The van der Waals surface area contributed by atoms with Crippen molar-refractivity contribution in [2.75, 3.05) is 49.5 Å². The Morgan fingerprint density at radius 3 is 2.61 bits per heavy atom. The van der Waals surface area contributed by atoms with Gasteiger partial charge in [0.25, 0.3) is 0 Å². The van der Waals surface area contributed by atoms with Crippen molar-refractivity contribution in [3.8, 4) is 0 Å². The predicted octanol–water partition coefficient (Wildman–Crippen LogP) is 3.70. The highest BCUT2D eigenvalue weighted by atomic mass is 32.1. The third-order valence-corrected chi connectivity index (χ3v) is 7.04. The molecule has 1 fully saturated rings. The van der Waals surface area contributed by atoms with Crippen LogP contribution in [0.4, 0.5) is 15.1 Å². The number of piperazine rings is 1. The van der Waals surface area contributed by atoms with E-state index in [9.17, 15) is 14.0 Å². The number of hydrogen-bond donors (Lipinski definition) is 1. The Balaban J connectivity index is 1.38. The number of carbonyl (C=O) groups excluding carboxylic acids is 2. The van der Waals surface area contributed by atoms with E-state index in [1.807, 2.05) is 11.0 Å². The van der Waals surface area contributed by atoms with Crippen LogP contribution in [0, 0.1) is 5.82 Å². The van der Waals surface area contributed by atoms with Gasteiger partial charge >= 0.3 is 5.97 Å². The zero-order chi connectivity index (χ0) is 21.8. The third-order valence-electron chi connectivity index (χ3n) is 5.84. The van der Waals surface area contributed by atoms with E-state index < -0.39 is 0 Å². The normalized spacial score (nSPS) is 16.6. The molecule has 1 saturated heterocycles. The maximum Gasteiger partial charge on any atom is 0.341 e. The minimum absolute atomic E-state index is 0.136. The summed E-state index contributed by atoms with van der Waals surface area (Å²) in [5, 5.41) is 3.58. The highest BCUT2D eigenvalue weighted by molar-refractivity contribution is 7.17. The van der Waals surface area contributed by atoms with Crippen molar-refractivity contribution in [1.29, 1.82) is 0 Å². The molecule has 0 atom stereocenters. The number of aryl methyl sites for hydroxylation is 1. The summed E-state index contributed by atoms with van der Waals surface area (Å²) >= 11 is 1.50. The second-order valence-electron chi connectivity index (χ2n) is 7.90. The molecule has 2 aromatic rings. The van der Waals surface area contributed by atoms with Gasteiger partial charge < -0.3 is 15.0 Å². The average Bonchev–Trinajstić information content (AvgIpc) is 3.12. The second kappa shape index (κ2) is 9.78. The first-order chi connectivity index (χ1) is 15.1. The zero-order valence-corrected chi connectivity index (χ0v) is 18.6. The monoisotopic (exact) mass is 445 g/mol. The Bertz CT molecular complexity index is 954. The number of amides is 1. The molecular formula is C23H28FN3O3S. The third kappa shape index (κ3) is 4.91. The lowest BCUT2D eigenvalue weighted by Gasteiger charge is -2.35. The van der Waals surface area contributed by atoms with Gasteiger partial charge in [-0.2, -0.15) is 0 Å². The summed E-state index contributed by atoms with van der Waals surface area (Å²) in [6.07, 6.45) is 3.96. The molecule has 8 heteroatoms. The van der Waals surface area contributed by atoms with Gasteiger partial charge in [-0.05, 0) is 50.3 Å². The molecule has 0 radical (unpaired) electrons. The Morgan fingerprint density at radius 2 is 1.87 bits per heavy atom. The van der Waals surface area contributed by atoms with Crippen molar-refractivity contribution in [3.63, 3.8) is 0 Å². The molecule has 1 aromatic carbocycles. The van der Waals surface area contributed by atoms with Crippen LogP contribution in [0.5, 0.6) is 0 Å². The fourth-order valence-corrected chi connectivity index (χ4v) is 5.59. The van der Waals surface area contributed by atoms with E-state index in [-0.39, 0.29) is 24.2 Å². The first-order valence-corrected chi connectivity index (χ1v) is 11.7. The van der Waals surface area contributed by atoms with Gasteiger partial charge in [0.05, 0.1) is 24.4 Å². The lowest BCUT2D eigenvalue weighted by Crippen LogP contribution is -2.48. The van der Waals surface area contributed by atoms with Crippen molar-refractivity contribution < 1.29 is 18.7 Å². The van der Waals surface area contributed by atoms with Crippen molar-refractivity contribution in [3.05, 3.63) is 46.1 Å². The van der Waals surface area contributed by atoms with Gasteiger partial charge in [0.2, 0.25) is 5.91 Å². The SMILES string of the molecule is CCOC(=O)c1c(NC(=O)CN2CCN(c3ccccc3F)CC2)sc2c1CCCC2. The van der Waals surface area contributed by atoms with E-state index >= 15 is 0 Å². The number of anilines is 2. The molecule has 0 saturated carbocycles. The Kier molecular flexibility index (Phi) is 6.87. The number of fused-ring (bicyclic) bond motifs is 1. The molecule has 2 aliphatic rings. The highest BCUT2D eigenvalue weighted by Gasteiger charge is 2.28. The van der Waals surface area contributed by atoms with Gasteiger partial charge in [0, 0.05) is 31.1 Å². The van der Waals surface area contributed by atoms with Crippen molar-refractivity contribution in [2.24, 2.45) is 0 Å². The molecule has 0 bridgehead atoms. The fraction of sp³-hybridized carbons (Fsp3) is 0.478. The van der Waals surface area contributed by atoms with Crippen molar-refractivity contribution in [1.82, 2.24) is 4.90 Å². The fourth-order valence-electron chi connectivity index (χ4n) is 4.30. The van der Waals surface area contributed by atoms with E-state index in [0.717, 1.165) is 31.2 Å². The Labute approximate surface area is 186 Å². The van der Waals surface area contributed by atoms with Crippen LogP contribution in [0.15, 0.2) is 24.3 Å². The van der Waals surface area contributed by atoms with Crippen LogP contribution >= 0.6 is 11.3 Å². The number of para-hydroxylation sites is 1. The summed E-state index contributed by atoms with van der Waals surface area (Å²) in [6.45, 7) is 5.01. The summed E-state index contributed by atoms with van der Waals surface area (Å²) in [5.41, 5.74) is 2.19. The molecule has 1 amide bonds. The smallest absolute Gasteiger partial charge is 0.341 e. The van der Waals surface area contributed by atoms with E-state index in [1.165, 1.54) is 22.3 Å². The average molecular weight is 446 g/mol. The van der Waals surface area contributed by atoms with Crippen LogP contribution < -0.4 is 10.2 Å². The van der Waals surface area contributed by atoms with E-state index in [1.54, 1.807) is 19.1 Å². The second-order valence-corrected chi connectivity index (χ2v) is 9.00. The van der Waals surface area contributed by atoms with Gasteiger partial charge in [-0.25, -0.2) is 9.18 Å². The van der Waals surface area contributed by atoms with E-state index in [2.05, 4.69) is 10.2 Å². The molecule has 31 heavy (non-hydrogen) atoms. The Hall–Kier alpha value is -2.45. The molecule has 0 unspecified atom stereocenters. The zero-order valence-electron chi connectivity index (χ0n) is 17.8. The molecule has 1 aliphatic carbocycles. The maximum atomic E-state index is 14.0. The predicted molar refractivity (Wildman–Crippen MR) is 121 cm³/mol. The topological polar surface area (TPSA) is 61.9 Å². The molecule has 4 rings (SSSR count). The first-order valence-electron chi connectivity index (χ1n) is 10.9. The number of esters is 1. The summed E-state index contributed by atoms with van der Waals surface area (Å²) in [4.78, 5) is 30.6. The van der Waals surface area contributed by atoms with Crippen molar-refractivity contribution in [2.45, 2.75) is 32.6 Å². The standard InChI is InChI=1S/C23H28FN3O3S/c1-2-30-23(29)21-16-7-3-6-10-19(16)31-22(21)25-20(28)15-26-11-13-27(14-12-26)18-9-5-4-8-17(18)24/h4-5,8-9H,2-3,6-7,10-15H2,1H3,(H,25,28). The molecular weight excluding hydrogens is 417 g/mol. The number of ether oxygens (including phenoxy) is 1. The molecule has 1 aromatic heterocycles. The molecule has 2 heterocycles. The van der Waals surface area contributed by atoms with Gasteiger partial charge in [0.1, 0.15) is 10.8 Å². The molecule has 166 valence electrons. The minimum Gasteiger partial charge on any atom is -0.462 e. The van der Waals surface area contributed by atoms with Gasteiger partial charge in [0.15, 0.2) is 0 Å². The van der Waals surface area contributed by atoms with Crippen molar-refractivity contribution >= 4 is 33.9 Å². The highest BCUT2D eigenvalue weighted by Crippen LogP contribution is 2.38. The van der Waals surface area contributed by atoms with Crippen LogP contribution in [0.1, 0.15) is 40.6 Å². The maximum absolute atomic E-state index is 14.0. The van der Waals surface area contributed by atoms with Crippen LogP contribution in [0.3, 0.4) is 0 Å². The Morgan fingerprint density at radius 1 is 1.13 bits per heavy atom. The lowest BCUT2D eigenvalue weighted by atomic mass is 9.95. The summed E-state index contributed by atoms with van der Waals surface area (Å²) in [6, 6.07) is 6.77. The van der Waals surface area contributed by atoms with Gasteiger partial charge in [-0.3, -0.25) is 9.69 Å². The number of nitrogens with zero attached hydrogens (tertiary/aromatic N) is 2. The van der Waals surface area contributed by atoms with Crippen LogP contribution in [-0.4, -0.2) is 56.1 Å². The number of hydrogen-bond acceptors (Lipinski definition) is 6. The summed E-state index contributed by atoms with van der Waals surface area (Å²) in [5.74, 6) is -0.707. The number of nitrogens with one attached hydrogen (secondary N) is 1. The summed E-state index contributed by atoms with van der Waals surface area (Å²) < 4.78 is 19.3. The van der Waals surface area contributed by atoms with E-state index in [4.69, 9.17) is 4.74 Å². The molecule has 1 N–H and O–H groups in total. The quantitative estimate of drug-likeness (QED) is 0.687. The van der Waals surface area contributed by atoms with Gasteiger partial charge in [-0.1, -0.05) is 12.1 Å². The summed E-state index contributed by atoms with van der Waals surface area (Å²) in [7, 11) is 0. The number of carbonyl (C=O) groups is 2. The number of benzene rings is 1. The van der Waals surface area contributed by atoms with Crippen LogP contribution in [-0.2, 0) is 22.4 Å². The largest absolute Gasteiger partial charge is 0.462 e. The number of rotatable bonds is 6.